The van der Waals surface area contributed by atoms with Gasteiger partial charge in [0.25, 0.3) is 11.8 Å². The topological polar surface area (TPSA) is 95.0 Å². The van der Waals surface area contributed by atoms with E-state index in [1.165, 1.54) is 6.08 Å². The van der Waals surface area contributed by atoms with Gasteiger partial charge in [-0.3, -0.25) is 24.1 Å². The summed E-state index contributed by atoms with van der Waals surface area (Å²) in [6.45, 7) is 1.92. The minimum Gasteiger partial charge on any atom is -0.505 e. The summed E-state index contributed by atoms with van der Waals surface area (Å²) in [6.07, 6.45) is 1.30. The molecule has 7 nitrogen and oxygen atoms in total. The van der Waals surface area contributed by atoms with Crippen LogP contribution < -0.4 is 9.80 Å². The molecule has 3 aromatic rings. The number of allylic oxidation sites excluding steroid dienone is 2. The second-order valence-corrected chi connectivity index (χ2v) is 13.6. The molecule has 4 aliphatic rings. The SMILES string of the molecule is CCc1ccc(N2C(=O)C3CC=C4C(CC5(Cl)C(=O)N(c6c(F)c(F)c(F)c(F)c6F)C(=O)C5(Cl)C4c4cccc(F)c4O)C3C2=O)cc1. The van der Waals surface area contributed by atoms with E-state index in [9.17, 15) is 41.8 Å². The first-order valence-electron chi connectivity index (χ1n) is 15.0. The molecule has 2 saturated heterocycles. The van der Waals surface area contributed by atoms with Gasteiger partial charge in [-0.15, -0.1) is 23.2 Å². The number of rotatable bonds is 4. The third-order valence-corrected chi connectivity index (χ3v) is 11.6. The van der Waals surface area contributed by atoms with Crippen LogP contribution in [0.3, 0.4) is 0 Å². The van der Waals surface area contributed by atoms with Crippen molar-refractivity contribution in [2.24, 2.45) is 17.8 Å². The Morgan fingerprint density at radius 1 is 0.796 bits per heavy atom. The molecule has 3 aromatic carbocycles. The summed E-state index contributed by atoms with van der Waals surface area (Å²) in [5, 5.41) is 10.9. The molecule has 254 valence electrons. The Morgan fingerprint density at radius 3 is 2.02 bits per heavy atom. The number of hydrogen-bond acceptors (Lipinski definition) is 5. The highest BCUT2D eigenvalue weighted by Gasteiger charge is 2.77. The Hall–Kier alpha value is -4.36. The van der Waals surface area contributed by atoms with Crippen LogP contribution in [-0.2, 0) is 25.6 Å². The lowest BCUT2D eigenvalue weighted by molar-refractivity contribution is -0.125. The molecular weight excluding hydrogens is 701 g/mol. The number of aromatic hydroxyl groups is 1. The maximum absolute atomic E-state index is 15.1. The van der Waals surface area contributed by atoms with Crippen LogP contribution in [0.15, 0.2) is 54.1 Å². The van der Waals surface area contributed by atoms with Gasteiger partial charge in [-0.25, -0.2) is 31.2 Å². The second kappa shape index (κ2) is 11.1. The van der Waals surface area contributed by atoms with Crippen LogP contribution in [0, 0.1) is 52.7 Å². The quantitative estimate of drug-likeness (QED) is 0.0823. The number of phenols is 1. The van der Waals surface area contributed by atoms with Gasteiger partial charge >= 0.3 is 0 Å². The van der Waals surface area contributed by atoms with Gasteiger partial charge in [0.15, 0.2) is 44.6 Å². The average molecular weight is 723 g/mol. The fourth-order valence-corrected chi connectivity index (χ4v) is 8.74. The number of fused-ring (bicyclic) bond motifs is 4. The highest BCUT2D eigenvalue weighted by atomic mass is 35.5. The van der Waals surface area contributed by atoms with Crippen molar-refractivity contribution in [1.82, 2.24) is 0 Å². The van der Waals surface area contributed by atoms with Gasteiger partial charge in [0.2, 0.25) is 17.6 Å². The monoisotopic (exact) mass is 722 g/mol. The number of carbonyl (C=O) groups is 4. The highest BCUT2D eigenvalue weighted by Crippen LogP contribution is 2.66. The van der Waals surface area contributed by atoms with E-state index in [1.54, 1.807) is 24.3 Å². The number of hydrogen-bond donors (Lipinski definition) is 1. The van der Waals surface area contributed by atoms with Crippen LogP contribution in [0.5, 0.6) is 5.75 Å². The van der Waals surface area contributed by atoms with Crippen molar-refractivity contribution in [2.45, 2.75) is 41.9 Å². The van der Waals surface area contributed by atoms with Gasteiger partial charge in [0.05, 0.1) is 17.5 Å². The van der Waals surface area contributed by atoms with Crippen molar-refractivity contribution < 1.29 is 50.6 Å². The summed E-state index contributed by atoms with van der Waals surface area (Å²) in [7, 11) is 0. The molecule has 4 amide bonds. The predicted molar refractivity (Wildman–Crippen MR) is 163 cm³/mol. The number of phenolic OH excluding ortho intramolecular Hbond substituents is 1. The molecule has 3 fully saturated rings. The molecular formula is C34H22Cl2F6N2O5. The third kappa shape index (κ3) is 4.17. The Balaban J connectivity index is 1.43. The van der Waals surface area contributed by atoms with E-state index < -0.39 is 115 Å². The van der Waals surface area contributed by atoms with E-state index in [1.807, 2.05) is 6.92 Å². The van der Waals surface area contributed by atoms with Crippen LogP contribution in [0.4, 0.5) is 37.7 Å². The van der Waals surface area contributed by atoms with Crippen LogP contribution in [-0.4, -0.2) is 38.5 Å². The number of aryl methyl sites for hydroxylation is 1. The summed E-state index contributed by atoms with van der Waals surface area (Å²) < 4.78 is 87.8. The van der Waals surface area contributed by atoms with Gasteiger partial charge in [0.1, 0.15) is 5.69 Å². The van der Waals surface area contributed by atoms with Gasteiger partial charge in [-0.2, -0.15) is 0 Å². The number of amides is 4. The fraction of sp³-hybridized carbons (Fsp3) is 0.294. The van der Waals surface area contributed by atoms with Gasteiger partial charge in [-0.1, -0.05) is 42.8 Å². The minimum absolute atomic E-state index is 0.0816. The van der Waals surface area contributed by atoms with E-state index in [4.69, 9.17) is 23.2 Å². The van der Waals surface area contributed by atoms with Crippen molar-refractivity contribution in [3.8, 4) is 5.75 Å². The van der Waals surface area contributed by atoms with E-state index in [2.05, 4.69) is 0 Å². The van der Waals surface area contributed by atoms with E-state index in [0.717, 1.165) is 28.7 Å². The molecule has 49 heavy (non-hydrogen) atoms. The van der Waals surface area contributed by atoms with Crippen LogP contribution in [0.25, 0.3) is 0 Å². The number of para-hydroxylation sites is 1. The van der Waals surface area contributed by atoms with Crippen LogP contribution in [0.1, 0.15) is 36.8 Å². The predicted octanol–water partition coefficient (Wildman–Crippen LogP) is 6.56. The smallest absolute Gasteiger partial charge is 0.258 e. The Labute approximate surface area is 283 Å². The molecule has 6 atom stereocenters. The first-order chi connectivity index (χ1) is 23.1. The standard InChI is InChI=1S/C34H22Cl2F6N2O5/c1-2-13-6-8-14(9-7-13)43-29(46)16-11-10-15-18(20(16)30(43)47)12-33(35)31(48)44(27-25(41)23(39)22(38)24(40)26(27)42)32(49)34(33,36)21(15)17-4-3-5-19(37)28(17)45/h3-10,16,18,20-21,45H,2,11-12H2,1H3. The van der Waals surface area contributed by atoms with Crippen LogP contribution in [0.2, 0.25) is 0 Å². The number of halogens is 8. The van der Waals surface area contributed by atoms with Gasteiger partial charge < -0.3 is 5.11 Å². The zero-order valence-electron chi connectivity index (χ0n) is 25.0. The molecule has 0 bridgehead atoms. The molecule has 1 N–H and O–H groups in total. The molecule has 2 heterocycles. The number of anilines is 2. The number of benzene rings is 3. The van der Waals surface area contributed by atoms with Crippen molar-refractivity contribution in [3.63, 3.8) is 0 Å². The zero-order valence-corrected chi connectivity index (χ0v) is 26.6. The molecule has 1 saturated carbocycles. The lowest BCUT2D eigenvalue weighted by Crippen LogP contribution is -2.60. The Kier molecular flexibility index (Phi) is 7.49. The number of imide groups is 2. The molecule has 2 aliphatic heterocycles. The molecule has 0 spiro atoms. The summed E-state index contributed by atoms with van der Waals surface area (Å²) in [5.74, 6) is -24.7. The Morgan fingerprint density at radius 2 is 1.41 bits per heavy atom. The van der Waals surface area contributed by atoms with Crippen molar-refractivity contribution in [3.05, 3.63) is 100 Å². The molecule has 7 rings (SSSR count). The minimum atomic E-state index is -2.88. The lowest BCUT2D eigenvalue weighted by atomic mass is 9.56. The fourth-order valence-electron chi connectivity index (χ4n) is 7.81. The van der Waals surface area contributed by atoms with E-state index >= 15 is 8.78 Å². The second-order valence-electron chi connectivity index (χ2n) is 12.4. The highest BCUT2D eigenvalue weighted by molar-refractivity contribution is 6.58. The number of alkyl halides is 2. The molecule has 15 heteroatoms. The first kappa shape index (κ1) is 33.2. The van der Waals surface area contributed by atoms with E-state index in [-0.39, 0.29) is 22.6 Å². The largest absolute Gasteiger partial charge is 0.505 e. The maximum Gasteiger partial charge on any atom is 0.258 e. The number of nitrogens with zero attached hydrogens (tertiary/aromatic N) is 2. The first-order valence-corrected chi connectivity index (χ1v) is 15.8. The molecule has 6 unspecified atom stereocenters. The van der Waals surface area contributed by atoms with Gasteiger partial charge in [0, 0.05) is 11.5 Å². The zero-order chi connectivity index (χ0) is 35.5. The number of carbonyl (C=O) groups excluding carboxylic acids is 4. The van der Waals surface area contributed by atoms with Crippen molar-refractivity contribution in [1.29, 1.82) is 0 Å². The summed E-state index contributed by atoms with van der Waals surface area (Å²) in [6, 6.07) is 9.77. The Bertz CT molecular complexity index is 2030. The molecule has 0 aromatic heterocycles. The summed E-state index contributed by atoms with van der Waals surface area (Å²) >= 11 is 14.0. The van der Waals surface area contributed by atoms with Crippen LogP contribution >= 0.6 is 23.2 Å². The van der Waals surface area contributed by atoms with Gasteiger partial charge in [-0.05, 0) is 48.9 Å². The average Bonchev–Trinajstić information content (AvgIpc) is 3.42. The van der Waals surface area contributed by atoms with Crippen molar-refractivity contribution >= 4 is 58.2 Å². The summed E-state index contributed by atoms with van der Waals surface area (Å²) in [4.78, 5) is 51.3. The maximum atomic E-state index is 15.1. The third-order valence-electron chi connectivity index (χ3n) is 10.2. The normalized spacial score (nSPS) is 29.3. The molecule has 0 radical (unpaired) electrons. The van der Waals surface area contributed by atoms with E-state index in [0.29, 0.717) is 6.42 Å². The van der Waals surface area contributed by atoms with Crippen molar-refractivity contribution in [2.75, 3.05) is 9.80 Å². The lowest BCUT2D eigenvalue weighted by Gasteiger charge is -2.50. The summed E-state index contributed by atoms with van der Waals surface area (Å²) in [5.41, 5.74) is -1.09. The molecule has 2 aliphatic carbocycles.